The summed E-state index contributed by atoms with van der Waals surface area (Å²) in [5.74, 6) is 0.0675. The molecule has 10 heteroatoms. The molecule has 0 saturated heterocycles. The molecule has 0 radical (unpaired) electrons. The van der Waals surface area contributed by atoms with Gasteiger partial charge in [-0.25, -0.2) is 9.18 Å². The fourth-order valence-electron chi connectivity index (χ4n) is 5.01. The Balaban J connectivity index is 0.000000289. The molecule has 4 rings (SSSR count). The predicted molar refractivity (Wildman–Crippen MR) is 189 cm³/mol. The highest BCUT2D eigenvalue weighted by Gasteiger charge is 2.20. The summed E-state index contributed by atoms with van der Waals surface area (Å²) < 4.78 is 15.6. The second-order valence-corrected chi connectivity index (χ2v) is 13.9. The molecule has 0 saturated carbocycles. The van der Waals surface area contributed by atoms with E-state index in [1.165, 1.54) is 5.56 Å². The molecule has 9 nitrogen and oxygen atoms in total. The average Bonchev–Trinajstić information content (AvgIpc) is 3.40. The van der Waals surface area contributed by atoms with E-state index in [-0.39, 0.29) is 28.3 Å². The number of rotatable bonds is 11. The van der Waals surface area contributed by atoms with Crippen LogP contribution < -0.4 is 28.2 Å². The predicted octanol–water partition coefficient (Wildman–Crippen LogP) is 5.48. The molecule has 0 spiro atoms. The second-order valence-electron chi connectivity index (χ2n) is 13.9. The molecule has 0 amide bonds. The van der Waals surface area contributed by atoms with Crippen molar-refractivity contribution in [2.75, 3.05) is 19.6 Å². The van der Waals surface area contributed by atoms with E-state index < -0.39 is 0 Å². The topological polar surface area (TPSA) is 153 Å². The van der Waals surface area contributed by atoms with Crippen molar-refractivity contribution in [2.45, 2.75) is 91.5 Å². The third-order valence-corrected chi connectivity index (χ3v) is 7.71. The smallest absolute Gasteiger partial charge is 0.354 e. The number of aryl methyl sites for hydroxylation is 2. The summed E-state index contributed by atoms with van der Waals surface area (Å²) in [4.78, 5) is 23.9. The minimum Gasteiger partial charge on any atom is -0.370 e. The van der Waals surface area contributed by atoms with Crippen LogP contribution in [0.5, 0.6) is 0 Å². The number of aliphatic imine (C=N–C) groups is 1. The lowest BCUT2D eigenvalue weighted by atomic mass is 9.84. The fourth-order valence-corrected chi connectivity index (χ4v) is 5.01. The average molecular weight is 633 g/mol. The highest BCUT2D eigenvalue weighted by Crippen LogP contribution is 2.29. The zero-order chi connectivity index (χ0) is 34.1. The maximum absolute atomic E-state index is 14.0. The lowest BCUT2D eigenvalue weighted by Gasteiger charge is -2.22. The SMILES string of the molecule is CC(C)(C)c1cc2cn(-c3ccc(CNCCCN=C(N)N)cc3)c(=O)nc2[nH]1.Cc1cc(CCCCN)cc(C(C)(C)C)c1F. The Morgan fingerprint density at radius 3 is 2.28 bits per heavy atom. The summed E-state index contributed by atoms with van der Waals surface area (Å²) in [6.45, 7) is 17.3. The van der Waals surface area contributed by atoms with Crippen LogP contribution in [-0.2, 0) is 23.8 Å². The molecule has 0 aliphatic heterocycles. The van der Waals surface area contributed by atoms with Crippen molar-refractivity contribution in [2.24, 2.45) is 22.2 Å². The number of H-pyrrole nitrogens is 1. The van der Waals surface area contributed by atoms with Gasteiger partial charge in [-0.05, 0) is 91.6 Å². The van der Waals surface area contributed by atoms with Gasteiger partial charge in [-0.3, -0.25) is 9.56 Å². The maximum Gasteiger partial charge on any atom is 0.354 e. The van der Waals surface area contributed by atoms with Gasteiger partial charge in [-0.2, -0.15) is 4.98 Å². The van der Waals surface area contributed by atoms with Gasteiger partial charge in [0.05, 0.1) is 5.69 Å². The first-order valence-corrected chi connectivity index (χ1v) is 16.1. The number of halogens is 1. The number of guanidine groups is 1. The summed E-state index contributed by atoms with van der Waals surface area (Å²) >= 11 is 0. The van der Waals surface area contributed by atoms with Crippen molar-refractivity contribution in [1.82, 2.24) is 19.9 Å². The molecule has 0 aliphatic rings. The summed E-state index contributed by atoms with van der Waals surface area (Å²) in [7, 11) is 0. The molecule has 0 atom stereocenters. The zero-order valence-electron chi connectivity index (χ0n) is 28.6. The van der Waals surface area contributed by atoms with Gasteiger partial charge in [0.15, 0.2) is 5.96 Å². The first kappa shape index (κ1) is 36.4. The summed E-state index contributed by atoms with van der Waals surface area (Å²) in [6, 6.07) is 13.9. The number of unbranched alkanes of at least 4 members (excludes halogenated alkanes) is 1. The van der Waals surface area contributed by atoms with Gasteiger partial charge in [-0.1, -0.05) is 65.8 Å². The van der Waals surface area contributed by atoms with E-state index in [2.05, 4.69) is 67.9 Å². The van der Waals surface area contributed by atoms with Crippen LogP contribution in [0.4, 0.5) is 4.39 Å². The maximum atomic E-state index is 14.0. The van der Waals surface area contributed by atoms with Crippen molar-refractivity contribution in [3.63, 3.8) is 0 Å². The van der Waals surface area contributed by atoms with Crippen LogP contribution in [-0.4, -0.2) is 40.1 Å². The van der Waals surface area contributed by atoms with Crippen LogP contribution in [0.25, 0.3) is 16.7 Å². The summed E-state index contributed by atoms with van der Waals surface area (Å²) in [5, 5.41) is 4.27. The number of nitrogens with one attached hydrogen (secondary N) is 2. The van der Waals surface area contributed by atoms with E-state index in [0.29, 0.717) is 12.2 Å². The molecule has 46 heavy (non-hydrogen) atoms. The van der Waals surface area contributed by atoms with Crippen LogP contribution in [0.15, 0.2) is 58.4 Å². The number of aromatic nitrogens is 3. The van der Waals surface area contributed by atoms with Crippen molar-refractivity contribution in [3.05, 3.63) is 92.9 Å². The monoisotopic (exact) mass is 632 g/mol. The van der Waals surface area contributed by atoms with Gasteiger partial charge < -0.3 is 27.5 Å². The number of fused-ring (bicyclic) bond motifs is 1. The fraction of sp³-hybridized carbons (Fsp3) is 0.472. The van der Waals surface area contributed by atoms with Crippen molar-refractivity contribution < 1.29 is 4.39 Å². The van der Waals surface area contributed by atoms with Crippen LogP contribution >= 0.6 is 0 Å². The minimum atomic E-state index is -0.301. The van der Waals surface area contributed by atoms with Crippen LogP contribution in [0.1, 0.15) is 88.8 Å². The Morgan fingerprint density at radius 2 is 1.67 bits per heavy atom. The first-order valence-electron chi connectivity index (χ1n) is 16.1. The molecule has 2 heterocycles. The normalized spacial score (nSPS) is 11.8. The van der Waals surface area contributed by atoms with Gasteiger partial charge in [0.1, 0.15) is 11.5 Å². The Morgan fingerprint density at radius 1 is 0.978 bits per heavy atom. The first-order chi connectivity index (χ1) is 21.6. The van der Waals surface area contributed by atoms with Crippen LogP contribution in [0, 0.1) is 12.7 Å². The lowest BCUT2D eigenvalue weighted by Crippen LogP contribution is -2.23. The van der Waals surface area contributed by atoms with Gasteiger partial charge in [0.25, 0.3) is 0 Å². The van der Waals surface area contributed by atoms with Crippen molar-refractivity contribution >= 4 is 17.0 Å². The van der Waals surface area contributed by atoms with E-state index >= 15 is 0 Å². The number of nitrogens with zero attached hydrogens (tertiary/aromatic N) is 3. The minimum absolute atomic E-state index is 0.0352. The number of aromatic amines is 1. The molecule has 8 N–H and O–H groups in total. The Labute approximate surface area is 272 Å². The van der Waals surface area contributed by atoms with Crippen molar-refractivity contribution in [1.29, 1.82) is 0 Å². The lowest BCUT2D eigenvalue weighted by molar-refractivity contribution is 0.517. The van der Waals surface area contributed by atoms with Crippen LogP contribution in [0.3, 0.4) is 0 Å². The highest BCUT2D eigenvalue weighted by molar-refractivity contribution is 5.76. The van der Waals surface area contributed by atoms with Gasteiger partial charge in [0, 0.05) is 35.8 Å². The van der Waals surface area contributed by atoms with Crippen molar-refractivity contribution in [3.8, 4) is 5.69 Å². The van der Waals surface area contributed by atoms with E-state index in [4.69, 9.17) is 17.2 Å². The third kappa shape index (κ3) is 10.5. The Hall–Kier alpha value is -4.02. The quantitative estimate of drug-likeness (QED) is 0.0839. The zero-order valence-corrected chi connectivity index (χ0v) is 28.6. The number of nitrogens with two attached hydrogens (primary N) is 3. The van der Waals surface area contributed by atoms with E-state index in [1.807, 2.05) is 49.5 Å². The molecule has 0 unspecified atom stereocenters. The molecule has 0 fully saturated rings. The highest BCUT2D eigenvalue weighted by atomic mass is 19.1. The largest absolute Gasteiger partial charge is 0.370 e. The molecule has 0 bridgehead atoms. The number of hydrogen-bond acceptors (Lipinski definition) is 5. The number of benzene rings is 2. The summed E-state index contributed by atoms with van der Waals surface area (Å²) in [6.07, 6.45) is 5.80. The molecule has 250 valence electrons. The molecular weight excluding hydrogens is 579 g/mol. The van der Waals surface area contributed by atoms with Crippen LogP contribution in [0.2, 0.25) is 0 Å². The Kier molecular flexibility index (Phi) is 12.7. The van der Waals surface area contributed by atoms with Gasteiger partial charge in [-0.15, -0.1) is 0 Å². The van der Waals surface area contributed by atoms with E-state index in [9.17, 15) is 9.18 Å². The summed E-state index contributed by atoms with van der Waals surface area (Å²) in [5.41, 5.74) is 22.0. The molecule has 4 aromatic rings. The van der Waals surface area contributed by atoms with Gasteiger partial charge >= 0.3 is 5.69 Å². The van der Waals surface area contributed by atoms with E-state index in [0.717, 1.165) is 78.8 Å². The number of hydrogen-bond donors (Lipinski definition) is 5. The Bertz CT molecular complexity index is 1650. The molecular formula is C36H53FN8O. The second kappa shape index (κ2) is 16.0. The molecule has 2 aromatic carbocycles. The van der Waals surface area contributed by atoms with E-state index in [1.54, 1.807) is 4.57 Å². The van der Waals surface area contributed by atoms with Gasteiger partial charge in [0.2, 0.25) is 0 Å². The third-order valence-electron chi connectivity index (χ3n) is 7.71. The molecule has 0 aliphatic carbocycles. The molecule has 2 aromatic heterocycles. The standard InChI is InChI=1S/C21H29N7O.C15H24FN/c1-21(2,3)17-11-15-13-28(20(29)27-18(15)26-17)16-7-5-14(6-8-16)12-24-9-4-10-25-19(22)23;1-11-9-12(7-5-6-8-17)10-13(14(11)16)15(2,3)4/h5-8,11,13,24H,4,9-10,12H2,1-3H3,(H4,22,23,25)(H,26,27,29);9-10H,5-8,17H2,1-4H3.